The molecule has 67 heteroatoms. The predicted octanol–water partition coefficient (Wildman–Crippen LogP) is -19.6. The lowest BCUT2D eigenvalue weighted by Gasteiger charge is -2.70. The van der Waals surface area contributed by atoms with Crippen molar-refractivity contribution in [3.63, 3.8) is 0 Å². The summed E-state index contributed by atoms with van der Waals surface area (Å²) in [6.07, 6.45) is 0. The summed E-state index contributed by atoms with van der Waals surface area (Å²) >= 11 is 0. The van der Waals surface area contributed by atoms with Crippen molar-refractivity contribution in [1.29, 1.82) is 0 Å². The van der Waals surface area contributed by atoms with Crippen LogP contribution in [0, 0.1) is 0 Å². The van der Waals surface area contributed by atoms with Gasteiger partial charge in [-0.3, -0.25) is 0 Å². The van der Waals surface area contributed by atoms with Crippen molar-refractivity contribution in [3.8, 4) is 0 Å². The second kappa shape index (κ2) is 35.0. The first-order valence-corrected chi connectivity index (χ1v) is 91.0. The van der Waals surface area contributed by atoms with Crippen molar-refractivity contribution >= 4 is 293 Å². The van der Waals surface area contributed by atoms with Gasteiger partial charge < -0.3 is 150 Å². The van der Waals surface area contributed by atoms with Gasteiger partial charge in [-0.05, 0) is 45.8 Å². The molecule has 0 aromatic rings. The van der Waals surface area contributed by atoms with E-state index in [1.54, 1.807) is 19.6 Å². The van der Waals surface area contributed by atoms with Crippen LogP contribution in [-0.2, 0) is 49.4 Å². The van der Waals surface area contributed by atoms with Crippen LogP contribution in [0.4, 0.5) is 0 Å². The Morgan fingerprint density at radius 1 is 0.325 bits per heavy atom. The second-order valence-corrected chi connectivity index (χ2v) is 167. The normalized spacial score (nSPS) is 17.6. The van der Waals surface area contributed by atoms with E-state index in [1.165, 1.54) is 32.7 Å². The molecule has 0 fully saturated rings. The van der Waals surface area contributed by atoms with Gasteiger partial charge in [0.05, 0.1) is 7.59 Å². The first-order valence-electron chi connectivity index (χ1n) is 19.8. The van der Waals surface area contributed by atoms with Crippen LogP contribution in [0.25, 0.3) is 0 Å². The second-order valence-electron chi connectivity index (χ2n) is 17.4. The lowest BCUT2D eigenvalue weighted by Crippen LogP contribution is -3.14. The molecule has 21 N–H and O–H groups in total. The molecular formula is C10H51O33Si34. The highest BCUT2D eigenvalue weighted by atomic mass is 30.5. The van der Waals surface area contributed by atoms with E-state index in [2.05, 4.69) is 0 Å². The summed E-state index contributed by atoms with van der Waals surface area (Å²) in [5.74, 6) is 0. The Morgan fingerprint density at radius 3 is 0.896 bits per heavy atom. The molecule has 0 aromatic heterocycles. The molecule has 0 saturated carbocycles. The van der Waals surface area contributed by atoms with Crippen LogP contribution in [0.1, 0.15) is 0 Å². The van der Waals surface area contributed by atoms with Crippen LogP contribution in [0.5, 0.6) is 0 Å². The molecule has 0 amide bonds. The minimum absolute atomic E-state index is 1.04. The largest absolute Gasteiger partial charge is 0.437 e. The van der Waals surface area contributed by atoms with Gasteiger partial charge in [0.15, 0.2) is 16.2 Å². The summed E-state index contributed by atoms with van der Waals surface area (Å²) in [5.41, 5.74) is 0. The van der Waals surface area contributed by atoms with Crippen molar-refractivity contribution in [2.75, 3.05) is 0 Å². The van der Waals surface area contributed by atoms with E-state index in [1.807, 2.05) is 0 Å². The summed E-state index contributed by atoms with van der Waals surface area (Å²) in [7, 11) is -82.9. The highest BCUT2D eigenvalue weighted by Crippen LogP contribution is 2.54. The average molecular weight is 1650 g/mol. The van der Waals surface area contributed by atoms with Gasteiger partial charge in [-0.25, -0.2) is 0 Å². The zero-order valence-corrected chi connectivity index (χ0v) is 75.3. The molecule has 0 rings (SSSR count). The van der Waals surface area contributed by atoms with Crippen LogP contribution in [-0.4, -0.2) is 394 Å². The minimum Gasteiger partial charge on any atom is -0.437 e. The topological polar surface area (TPSA) is 536 Å². The molecule has 0 aromatic carbocycles. The van der Waals surface area contributed by atoms with Gasteiger partial charge in [0.25, 0.3) is 60.1 Å². The van der Waals surface area contributed by atoms with E-state index in [4.69, 9.17) is 49.4 Å². The Morgan fingerprint density at radius 2 is 0.649 bits per heavy atom. The van der Waals surface area contributed by atoms with Gasteiger partial charge in [0, 0.05) is 0 Å². The molecule has 39 radical (unpaired) electrons. The summed E-state index contributed by atoms with van der Waals surface area (Å²) in [5, 5.41) is 0. The predicted molar refractivity (Wildman–Crippen MR) is 314 cm³/mol. The molecule has 33 nitrogen and oxygen atoms in total. The monoisotopic (exact) mass is 1650 g/mol. The van der Waals surface area contributed by atoms with Crippen LogP contribution in [0.3, 0.4) is 0 Å². The summed E-state index contributed by atoms with van der Waals surface area (Å²) in [4.78, 5) is 252. The fourth-order valence-electron chi connectivity index (χ4n) is 7.36. The van der Waals surface area contributed by atoms with Crippen LogP contribution in [0.2, 0.25) is 65.5 Å². The van der Waals surface area contributed by atoms with Crippen LogP contribution < -0.4 is 0 Å². The lowest BCUT2D eigenvalue weighted by molar-refractivity contribution is 0.302. The van der Waals surface area contributed by atoms with E-state index in [0.29, 0.717) is 0 Å². The van der Waals surface area contributed by atoms with Crippen molar-refractivity contribution < 1.29 is 150 Å². The van der Waals surface area contributed by atoms with Gasteiger partial charge in [-0.15, -0.1) is 0 Å². The Bertz CT molecular complexity index is 1650. The van der Waals surface area contributed by atoms with Gasteiger partial charge in [-0.2, -0.15) is 0 Å². The molecule has 0 spiro atoms. The summed E-state index contributed by atoms with van der Waals surface area (Å²) in [6, 6.07) is 0. The Kier molecular flexibility index (Phi) is 37.8. The molecule has 0 saturated heterocycles. The van der Waals surface area contributed by atoms with E-state index in [0.717, 1.165) is 13.1 Å². The summed E-state index contributed by atoms with van der Waals surface area (Å²) in [6.45, 7) is -24.5. The maximum Gasteiger partial charge on any atom is 0.420 e. The molecule has 4 unspecified atom stereocenters. The highest BCUT2D eigenvalue weighted by Gasteiger charge is 3.00. The van der Waals surface area contributed by atoms with E-state index in [9.17, 15) is 101 Å². The first-order chi connectivity index (χ1) is 35.6. The molecule has 0 heterocycles. The molecule has 0 aliphatic rings. The van der Waals surface area contributed by atoms with Crippen molar-refractivity contribution in [1.82, 2.24) is 0 Å². The Balaban J connectivity index is 13.3. The molecule has 0 aliphatic heterocycles. The van der Waals surface area contributed by atoms with E-state index < -0.39 is 293 Å². The Hall–Kier alpha value is 6.05. The molecule has 425 valence electrons. The van der Waals surface area contributed by atoms with E-state index >= 15 is 0 Å². The fourth-order valence-corrected chi connectivity index (χ4v) is 471. The van der Waals surface area contributed by atoms with Gasteiger partial charge in [0.2, 0.25) is 101 Å². The molecular weight excluding hydrogens is 1600 g/mol. The quantitative estimate of drug-likeness (QED) is 0.0252. The lowest BCUT2D eigenvalue weighted by atomic mass is 11.8. The molecule has 4 atom stereocenters. The number of hydrogen-bond acceptors (Lipinski definition) is 33. The average Bonchev–Trinajstić information content (AvgIpc) is 3.36. The SMILES string of the molecule is C[Si](C)(C)O[Si](C)(C)O[Si](O[Si](O[Si]O)([Si]O)[Si](O)[Si](C)(C)C)([Si](O[Si](O[Si]O)([Si]O)[Si]O)([Si](O[Si]O)([Si]O)[Si]O)[Si](O[Si]O)([Si]O)[Si]O)[Si](O[Si](O[Si]O)([Si]O)[Si]O)([Si](O[Si]O)([Si]O)[Si]O)[Si](O[Si]O)([Si]O)[Si](C)(C)O. The third kappa shape index (κ3) is 17.2. The van der Waals surface area contributed by atoms with Gasteiger partial charge in [0.1, 0.15) is 0 Å². The third-order valence-corrected chi connectivity index (χ3v) is 278. The maximum atomic E-state index is 13.5. The molecule has 0 aliphatic carbocycles. The number of hydrogen-bond donors (Lipinski definition) is 21. The zero-order valence-electron chi connectivity index (χ0n) is 41.3. The maximum absolute atomic E-state index is 13.5. The van der Waals surface area contributed by atoms with Crippen LogP contribution in [0.15, 0.2) is 0 Å². The standard InChI is InChI=1S/C10H51O33Si34/c1-64(2,3)39-67(9,10)40-71(43-70(55-22,34-46-13)63(30)65(4,5)6,76(72(56-23,57-24)35-47-14,73(58-25,59-26)36-48-15)41-68(51-18,52-19)32-44-11)77(74(60-27,61-28)37-49-16,42-69(53-20,54-21)33-45-12)75(62-29,38-50-17)66(7,8)31/h11-31H,1-10H3. The van der Waals surface area contributed by atoms with Crippen molar-refractivity contribution in [2.45, 2.75) is 65.5 Å². The van der Waals surface area contributed by atoms with E-state index in [-0.39, 0.29) is 0 Å². The molecule has 0 bridgehead atoms. The Labute approximate surface area is 503 Å². The summed E-state index contributed by atoms with van der Waals surface area (Å²) < 4.78 is 80.6. The number of rotatable bonds is 45. The minimum atomic E-state index is -7.41. The third-order valence-electron chi connectivity index (χ3n) is 9.82. The van der Waals surface area contributed by atoms with Crippen molar-refractivity contribution in [2.24, 2.45) is 0 Å². The highest BCUT2D eigenvalue weighted by molar-refractivity contribution is 8.24. The van der Waals surface area contributed by atoms with Gasteiger partial charge >= 0.3 is 109 Å². The van der Waals surface area contributed by atoms with Crippen LogP contribution >= 0.6 is 0 Å². The van der Waals surface area contributed by atoms with Crippen molar-refractivity contribution in [3.05, 3.63) is 0 Å². The first kappa shape index (κ1) is 83.1. The fraction of sp³-hybridized carbons (Fsp3) is 1.00. The molecule has 77 heavy (non-hydrogen) atoms. The van der Waals surface area contributed by atoms with Gasteiger partial charge in [-0.1, -0.05) is 19.6 Å². The zero-order chi connectivity index (χ0) is 60.5. The smallest absolute Gasteiger partial charge is 0.420 e.